The van der Waals surface area contributed by atoms with Crippen LogP contribution < -0.4 is 0 Å². The van der Waals surface area contributed by atoms with Gasteiger partial charge in [-0.3, -0.25) is 0 Å². The maximum absolute atomic E-state index is 14.7. The number of nitriles is 1. The van der Waals surface area contributed by atoms with Crippen molar-refractivity contribution >= 4 is 11.3 Å². The van der Waals surface area contributed by atoms with Crippen molar-refractivity contribution in [3.63, 3.8) is 0 Å². The van der Waals surface area contributed by atoms with Gasteiger partial charge >= 0.3 is 0 Å². The van der Waals surface area contributed by atoms with Gasteiger partial charge in [0, 0.05) is 22.6 Å². The maximum Gasteiger partial charge on any atom is 0.138 e. The van der Waals surface area contributed by atoms with E-state index in [0.717, 1.165) is 17.7 Å². The van der Waals surface area contributed by atoms with Crippen LogP contribution >= 0.6 is 11.3 Å². The summed E-state index contributed by atoms with van der Waals surface area (Å²) in [6.45, 7) is 1.71. The minimum absolute atomic E-state index is 0.0491. The molecule has 0 amide bonds. The van der Waals surface area contributed by atoms with Gasteiger partial charge in [-0.05, 0) is 24.6 Å². The summed E-state index contributed by atoms with van der Waals surface area (Å²) in [5.41, 5.74) is 0.170. The molecule has 2 aromatic heterocycles. The number of hydrogen-bond acceptors (Lipinski definition) is 6. The van der Waals surface area contributed by atoms with Gasteiger partial charge in [-0.2, -0.15) is 10.4 Å². The molecule has 2 aromatic carbocycles. The monoisotopic (exact) mass is 437 g/mol. The molecule has 2 atom stereocenters. The summed E-state index contributed by atoms with van der Waals surface area (Å²) in [4.78, 5) is 8.63. The summed E-state index contributed by atoms with van der Waals surface area (Å²) in [6, 6.07) is 11.2. The maximum atomic E-state index is 14.7. The van der Waals surface area contributed by atoms with Crippen LogP contribution in [0.1, 0.15) is 35.5 Å². The first kappa shape index (κ1) is 20.8. The molecule has 2 heterocycles. The number of aliphatic hydroxyl groups is 1. The third-order valence-corrected chi connectivity index (χ3v) is 6.05. The van der Waals surface area contributed by atoms with Crippen molar-refractivity contribution in [1.82, 2.24) is 19.7 Å². The van der Waals surface area contributed by atoms with E-state index in [-0.39, 0.29) is 12.0 Å². The van der Waals surface area contributed by atoms with E-state index in [9.17, 15) is 13.9 Å². The summed E-state index contributed by atoms with van der Waals surface area (Å²) in [5, 5.41) is 27.1. The molecule has 9 heteroatoms. The minimum Gasteiger partial charge on any atom is -0.382 e. The average molecular weight is 437 g/mol. The molecule has 0 saturated carbocycles. The molecule has 2 unspecified atom stereocenters. The van der Waals surface area contributed by atoms with Crippen molar-refractivity contribution in [2.24, 2.45) is 0 Å². The van der Waals surface area contributed by atoms with E-state index >= 15 is 0 Å². The molecular formula is C22H17F2N5OS. The molecule has 6 nitrogen and oxygen atoms in total. The summed E-state index contributed by atoms with van der Waals surface area (Å²) in [7, 11) is 0. The first-order chi connectivity index (χ1) is 15.0. The van der Waals surface area contributed by atoms with Gasteiger partial charge in [-0.1, -0.05) is 25.1 Å². The molecule has 0 bridgehead atoms. The van der Waals surface area contributed by atoms with Crippen molar-refractivity contribution in [3.05, 3.63) is 88.3 Å². The zero-order valence-corrected chi connectivity index (χ0v) is 17.2. The molecule has 0 fully saturated rings. The van der Waals surface area contributed by atoms with E-state index in [4.69, 9.17) is 5.26 Å². The van der Waals surface area contributed by atoms with Gasteiger partial charge in [-0.15, -0.1) is 11.3 Å². The van der Waals surface area contributed by atoms with Crippen molar-refractivity contribution in [1.29, 1.82) is 5.26 Å². The van der Waals surface area contributed by atoms with Crippen molar-refractivity contribution in [2.45, 2.75) is 25.0 Å². The highest BCUT2D eigenvalue weighted by Crippen LogP contribution is 2.43. The normalized spacial score (nSPS) is 14.0. The Morgan fingerprint density at radius 3 is 2.61 bits per heavy atom. The third kappa shape index (κ3) is 3.83. The second-order valence-corrected chi connectivity index (χ2v) is 7.83. The van der Waals surface area contributed by atoms with Crippen molar-refractivity contribution < 1.29 is 13.9 Å². The van der Waals surface area contributed by atoms with Crippen molar-refractivity contribution in [3.8, 4) is 17.3 Å². The first-order valence-electron chi connectivity index (χ1n) is 9.44. The van der Waals surface area contributed by atoms with Crippen LogP contribution in [-0.2, 0) is 5.60 Å². The van der Waals surface area contributed by atoms with Crippen LogP contribution in [0.3, 0.4) is 0 Å². The Balaban J connectivity index is 1.82. The summed E-state index contributed by atoms with van der Waals surface area (Å²) < 4.78 is 29.6. The fraction of sp³-hybridized carbons (Fsp3) is 0.182. The number of hydrogen-bond donors (Lipinski definition) is 1. The van der Waals surface area contributed by atoms with E-state index < -0.39 is 23.3 Å². The molecule has 0 aliphatic heterocycles. The second-order valence-electron chi connectivity index (χ2n) is 6.94. The van der Waals surface area contributed by atoms with Gasteiger partial charge in [-0.25, -0.2) is 23.4 Å². The molecular weight excluding hydrogens is 420 g/mol. The molecule has 0 radical (unpaired) electrons. The highest BCUT2D eigenvalue weighted by molar-refractivity contribution is 7.10. The van der Waals surface area contributed by atoms with Crippen LogP contribution in [-0.4, -0.2) is 24.9 Å². The lowest BCUT2D eigenvalue weighted by atomic mass is 9.83. The highest BCUT2D eigenvalue weighted by Gasteiger charge is 2.43. The lowest BCUT2D eigenvalue weighted by Gasteiger charge is -2.34. The predicted molar refractivity (Wildman–Crippen MR) is 111 cm³/mol. The van der Waals surface area contributed by atoms with Gasteiger partial charge in [0.25, 0.3) is 0 Å². The van der Waals surface area contributed by atoms with Gasteiger partial charge < -0.3 is 5.11 Å². The molecule has 4 aromatic rings. The highest BCUT2D eigenvalue weighted by atomic mass is 32.1. The largest absolute Gasteiger partial charge is 0.382 e. The SMILES string of the molecule is CCC(O)(c1ccc(F)cc1F)C(c1nc(-c2ccc(C#N)cc2)cs1)n1cncn1. The van der Waals surface area contributed by atoms with Gasteiger partial charge in [0.2, 0.25) is 0 Å². The Labute approximate surface area is 181 Å². The second kappa shape index (κ2) is 8.34. The Bertz CT molecular complexity index is 1230. The quantitative estimate of drug-likeness (QED) is 0.482. The van der Waals surface area contributed by atoms with Crippen LogP contribution in [0, 0.1) is 23.0 Å². The smallest absolute Gasteiger partial charge is 0.138 e. The van der Waals surface area contributed by atoms with Gasteiger partial charge in [0.15, 0.2) is 0 Å². The number of halogens is 2. The van der Waals surface area contributed by atoms with E-state index in [1.165, 1.54) is 34.7 Å². The van der Waals surface area contributed by atoms with Crippen molar-refractivity contribution in [2.75, 3.05) is 0 Å². The summed E-state index contributed by atoms with van der Waals surface area (Å²) in [5.74, 6) is -1.58. The van der Waals surface area contributed by atoms with Crippen LogP contribution in [0.2, 0.25) is 0 Å². The number of thiazole rings is 1. The lowest BCUT2D eigenvalue weighted by Crippen LogP contribution is -2.38. The number of aromatic nitrogens is 4. The molecule has 156 valence electrons. The minimum atomic E-state index is -1.76. The van der Waals surface area contributed by atoms with E-state index in [1.54, 1.807) is 31.2 Å². The Kier molecular flexibility index (Phi) is 5.59. The number of nitrogens with zero attached hydrogens (tertiary/aromatic N) is 5. The number of benzene rings is 2. The summed E-state index contributed by atoms with van der Waals surface area (Å²) in [6.07, 6.45) is 2.86. The van der Waals surface area contributed by atoms with Crippen LogP contribution in [0.4, 0.5) is 8.78 Å². The standard InChI is InChI=1S/C22H17F2N5OS/c1-2-22(30,17-8-7-16(23)9-18(17)24)20(29-13-26-12-27-29)21-28-19(11-31-21)15-5-3-14(10-25)4-6-15/h3-9,11-13,20,30H,2H2,1H3. The van der Waals surface area contributed by atoms with Crippen LogP contribution in [0.15, 0.2) is 60.5 Å². The third-order valence-electron chi connectivity index (χ3n) is 5.16. The van der Waals surface area contributed by atoms with Gasteiger partial charge in [0.1, 0.15) is 40.9 Å². The molecule has 1 N–H and O–H groups in total. The van der Waals surface area contributed by atoms with Crippen LogP contribution in [0.25, 0.3) is 11.3 Å². The Morgan fingerprint density at radius 2 is 2.00 bits per heavy atom. The summed E-state index contributed by atoms with van der Waals surface area (Å²) >= 11 is 1.29. The molecule has 0 spiro atoms. The first-order valence-corrected chi connectivity index (χ1v) is 10.3. The molecule has 4 rings (SSSR count). The fourth-order valence-electron chi connectivity index (χ4n) is 3.52. The average Bonchev–Trinajstić information content (AvgIpc) is 3.47. The predicted octanol–water partition coefficient (Wildman–Crippen LogP) is 4.44. The topological polar surface area (TPSA) is 87.6 Å². The van der Waals surface area contributed by atoms with E-state index in [1.807, 2.05) is 5.38 Å². The number of rotatable bonds is 6. The van der Waals surface area contributed by atoms with E-state index in [2.05, 4.69) is 21.1 Å². The Hall–Kier alpha value is -3.48. The van der Waals surface area contributed by atoms with Gasteiger partial charge in [0.05, 0.1) is 17.3 Å². The van der Waals surface area contributed by atoms with Crippen LogP contribution in [0.5, 0.6) is 0 Å². The Morgan fingerprint density at radius 1 is 1.23 bits per heavy atom. The molecule has 0 aliphatic rings. The zero-order chi connectivity index (χ0) is 22.0. The fourth-order valence-corrected chi connectivity index (χ4v) is 4.52. The molecule has 31 heavy (non-hydrogen) atoms. The lowest BCUT2D eigenvalue weighted by molar-refractivity contribution is -0.0142. The van der Waals surface area contributed by atoms with E-state index in [0.29, 0.717) is 16.3 Å². The molecule has 0 saturated heterocycles. The molecule has 0 aliphatic carbocycles. The zero-order valence-electron chi connectivity index (χ0n) is 16.4.